The lowest BCUT2D eigenvalue weighted by Crippen LogP contribution is -2.42. The third-order valence-electron chi connectivity index (χ3n) is 2.92. The molecule has 1 aliphatic rings. The van der Waals surface area contributed by atoms with Crippen molar-refractivity contribution in [3.63, 3.8) is 0 Å². The largest absolute Gasteiger partial charge is 0.493 e. The Bertz CT molecular complexity index is 400. The summed E-state index contributed by atoms with van der Waals surface area (Å²) >= 11 is 0. The first-order chi connectivity index (χ1) is 8.81. The number of rotatable bonds is 5. The van der Waals surface area contributed by atoms with E-state index in [4.69, 9.17) is 9.47 Å². The summed E-state index contributed by atoms with van der Waals surface area (Å²) in [5, 5.41) is 3.28. The molecule has 98 valence electrons. The molecular weight excluding hydrogens is 230 g/mol. The Balaban J connectivity index is 2.03. The first kappa shape index (κ1) is 13.1. The lowest BCUT2D eigenvalue weighted by Gasteiger charge is -2.23. The number of ketones is 1. The minimum atomic E-state index is 0.0991. The average Bonchev–Trinajstić information content (AvgIpc) is 2.41. The molecule has 0 spiro atoms. The molecule has 0 radical (unpaired) electrons. The Hall–Kier alpha value is -1.39. The standard InChI is InChI=1S/C14H19NO3/c1-2-18-14-6-4-3-5-12(14)13(16)9-11-10-17-8-7-15-11/h3-6,11,15H,2,7-10H2,1H3. The van der Waals surface area contributed by atoms with Crippen LogP contribution in [0, 0.1) is 0 Å². The first-order valence-electron chi connectivity index (χ1n) is 6.37. The highest BCUT2D eigenvalue weighted by Crippen LogP contribution is 2.20. The van der Waals surface area contributed by atoms with Gasteiger partial charge in [0.1, 0.15) is 5.75 Å². The fourth-order valence-electron chi connectivity index (χ4n) is 2.06. The fraction of sp³-hybridized carbons (Fsp3) is 0.500. The quantitative estimate of drug-likeness (QED) is 0.806. The summed E-state index contributed by atoms with van der Waals surface area (Å²) in [5.74, 6) is 0.767. The van der Waals surface area contributed by atoms with Crippen LogP contribution in [0.15, 0.2) is 24.3 Å². The van der Waals surface area contributed by atoms with Gasteiger partial charge in [-0.1, -0.05) is 12.1 Å². The second-order valence-electron chi connectivity index (χ2n) is 4.28. The molecule has 1 fully saturated rings. The number of morpholine rings is 1. The van der Waals surface area contributed by atoms with Crippen LogP contribution >= 0.6 is 0 Å². The van der Waals surface area contributed by atoms with Crippen LogP contribution in [-0.2, 0) is 4.74 Å². The SMILES string of the molecule is CCOc1ccccc1C(=O)CC1COCCN1. The molecule has 0 aliphatic carbocycles. The lowest BCUT2D eigenvalue weighted by molar-refractivity contribution is 0.0674. The third kappa shape index (κ3) is 3.31. The van der Waals surface area contributed by atoms with E-state index in [1.54, 1.807) is 0 Å². The predicted molar refractivity (Wildman–Crippen MR) is 69.2 cm³/mol. The van der Waals surface area contributed by atoms with Gasteiger partial charge in [-0.25, -0.2) is 0 Å². The molecule has 4 nitrogen and oxygen atoms in total. The van der Waals surface area contributed by atoms with Crippen LogP contribution in [-0.4, -0.2) is 38.2 Å². The Kier molecular flexibility index (Phi) is 4.73. The van der Waals surface area contributed by atoms with Crippen molar-refractivity contribution in [2.24, 2.45) is 0 Å². The van der Waals surface area contributed by atoms with Crippen molar-refractivity contribution in [1.82, 2.24) is 5.32 Å². The molecule has 1 unspecified atom stereocenters. The zero-order valence-electron chi connectivity index (χ0n) is 10.6. The number of ether oxygens (including phenoxy) is 2. The summed E-state index contributed by atoms with van der Waals surface area (Å²) in [4.78, 5) is 12.2. The molecule has 0 amide bonds. The van der Waals surface area contributed by atoms with Gasteiger partial charge in [0, 0.05) is 19.0 Å². The highest BCUT2D eigenvalue weighted by molar-refractivity contribution is 5.99. The smallest absolute Gasteiger partial charge is 0.168 e. The molecule has 2 rings (SSSR count). The average molecular weight is 249 g/mol. The van der Waals surface area contributed by atoms with Gasteiger partial charge in [-0.2, -0.15) is 0 Å². The van der Waals surface area contributed by atoms with Crippen LogP contribution in [0.3, 0.4) is 0 Å². The molecule has 1 saturated heterocycles. The maximum absolute atomic E-state index is 12.2. The predicted octanol–water partition coefficient (Wildman–Crippen LogP) is 1.65. The van der Waals surface area contributed by atoms with Crippen molar-refractivity contribution in [2.45, 2.75) is 19.4 Å². The third-order valence-corrected chi connectivity index (χ3v) is 2.92. The summed E-state index contributed by atoms with van der Waals surface area (Å²) in [5.41, 5.74) is 0.659. The van der Waals surface area contributed by atoms with Crippen LogP contribution in [0.1, 0.15) is 23.7 Å². The van der Waals surface area contributed by atoms with E-state index in [-0.39, 0.29) is 11.8 Å². The minimum absolute atomic E-state index is 0.0991. The first-order valence-corrected chi connectivity index (χ1v) is 6.37. The Morgan fingerprint density at radius 2 is 2.33 bits per heavy atom. The minimum Gasteiger partial charge on any atom is -0.493 e. The molecule has 18 heavy (non-hydrogen) atoms. The topological polar surface area (TPSA) is 47.6 Å². The maximum Gasteiger partial charge on any atom is 0.168 e. The molecule has 1 heterocycles. The van der Waals surface area contributed by atoms with Crippen molar-refractivity contribution in [3.05, 3.63) is 29.8 Å². The van der Waals surface area contributed by atoms with Crippen LogP contribution in [0.25, 0.3) is 0 Å². The van der Waals surface area contributed by atoms with E-state index in [1.165, 1.54) is 0 Å². The second kappa shape index (κ2) is 6.52. The molecule has 1 aromatic rings. The number of para-hydroxylation sites is 1. The van der Waals surface area contributed by atoms with Crippen LogP contribution in [0.4, 0.5) is 0 Å². The summed E-state index contributed by atoms with van der Waals surface area (Å²) in [6.07, 6.45) is 0.448. The van der Waals surface area contributed by atoms with E-state index in [0.29, 0.717) is 30.9 Å². The lowest BCUT2D eigenvalue weighted by atomic mass is 10.0. The van der Waals surface area contributed by atoms with E-state index in [1.807, 2.05) is 31.2 Å². The monoisotopic (exact) mass is 249 g/mol. The van der Waals surface area contributed by atoms with E-state index in [0.717, 1.165) is 13.2 Å². The molecule has 0 bridgehead atoms. The number of hydrogen-bond donors (Lipinski definition) is 1. The van der Waals surface area contributed by atoms with Gasteiger partial charge in [0.2, 0.25) is 0 Å². The van der Waals surface area contributed by atoms with Gasteiger partial charge in [0.25, 0.3) is 0 Å². The van der Waals surface area contributed by atoms with E-state index < -0.39 is 0 Å². The fourth-order valence-corrected chi connectivity index (χ4v) is 2.06. The van der Waals surface area contributed by atoms with Gasteiger partial charge < -0.3 is 14.8 Å². The van der Waals surface area contributed by atoms with Gasteiger partial charge in [0.15, 0.2) is 5.78 Å². The van der Waals surface area contributed by atoms with E-state index >= 15 is 0 Å². The normalized spacial score (nSPS) is 19.5. The zero-order valence-corrected chi connectivity index (χ0v) is 10.6. The number of nitrogens with one attached hydrogen (secondary N) is 1. The Morgan fingerprint density at radius 3 is 3.06 bits per heavy atom. The van der Waals surface area contributed by atoms with Crippen molar-refractivity contribution in [3.8, 4) is 5.75 Å². The maximum atomic E-state index is 12.2. The molecular formula is C14H19NO3. The van der Waals surface area contributed by atoms with Crippen molar-refractivity contribution >= 4 is 5.78 Å². The number of carbonyl (C=O) groups excluding carboxylic acids is 1. The molecule has 1 aromatic carbocycles. The molecule has 0 saturated carbocycles. The number of benzene rings is 1. The van der Waals surface area contributed by atoms with Crippen LogP contribution in [0.5, 0.6) is 5.75 Å². The Morgan fingerprint density at radius 1 is 1.50 bits per heavy atom. The summed E-state index contributed by atoms with van der Waals surface area (Å²) in [6.45, 7) is 4.61. The number of Topliss-reactive ketones (excluding diaryl/α,β-unsaturated/α-hetero) is 1. The van der Waals surface area contributed by atoms with Gasteiger partial charge in [-0.15, -0.1) is 0 Å². The van der Waals surface area contributed by atoms with Gasteiger partial charge >= 0.3 is 0 Å². The summed E-state index contributed by atoms with van der Waals surface area (Å²) in [6, 6.07) is 7.50. The zero-order chi connectivity index (χ0) is 12.8. The van der Waals surface area contributed by atoms with Crippen molar-refractivity contribution in [2.75, 3.05) is 26.4 Å². The van der Waals surface area contributed by atoms with Gasteiger partial charge in [-0.05, 0) is 19.1 Å². The highest BCUT2D eigenvalue weighted by atomic mass is 16.5. The molecule has 1 N–H and O–H groups in total. The van der Waals surface area contributed by atoms with E-state index in [9.17, 15) is 4.79 Å². The summed E-state index contributed by atoms with van der Waals surface area (Å²) < 4.78 is 10.8. The Labute approximate surface area is 107 Å². The second-order valence-corrected chi connectivity index (χ2v) is 4.28. The number of hydrogen-bond acceptors (Lipinski definition) is 4. The van der Waals surface area contributed by atoms with Gasteiger partial charge in [0.05, 0.1) is 25.4 Å². The van der Waals surface area contributed by atoms with Gasteiger partial charge in [-0.3, -0.25) is 4.79 Å². The van der Waals surface area contributed by atoms with Crippen molar-refractivity contribution < 1.29 is 14.3 Å². The molecule has 0 aromatic heterocycles. The molecule has 1 atom stereocenters. The van der Waals surface area contributed by atoms with E-state index in [2.05, 4.69) is 5.32 Å². The van der Waals surface area contributed by atoms with Crippen LogP contribution < -0.4 is 10.1 Å². The van der Waals surface area contributed by atoms with Crippen molar-refractivity contribution in [1.29, 1.82) is 0 Å². The summed E-state index contributed by atoms with van der Waals surface area (Å²) in [7, 11) is 0. The van der Waals surface area contributed by atoms with Crippen LogP contribution in [0.2, 0.25) is 0 Å². The molecule has 1 aliphatic heterocycles. The molecule has 4 heteroatoms. The number of carbonyl (C=O) groups is 1. The highest BCUT2D eigenvalue weighted by Gasteiger charge is 2.19.